The Labute approximate surface area is 164 Å². The van der Waals surface area contributed by atoms with Gasteiger partial charge in [0.15, 0.2) is 0 Å². The molecule has 0 fully saturated rings. The van der Waals surface area contributed by atoms with Gasteiger partial charge in [-0.25, -0.2) is 4.98 Å². The Bertz CT molecular complexity index is 958. The van der Waals surface area contributed by atoms with Gasteiger partial charge in [0, 0.05) is 12.5 Å². The van der Waals surface area contributed by atoms with Crippen molar-refractivity contribution in [3.05, 3.63) is 53.1 Å². The van der Waals surface area contributed by atoms with Crippen molar-refractivity contribution in [1.82, 2.24) is 20.5 Å². The molecule has 3 rings (SSSR count). The highest BCUT2D eigenvalue weighted by Crippen LogP contribution is 2.25. The van der Waals surface area contributed by atoms with Crippen LogP contribution in [-0.2, 0) is 11.2 Å². The maximum Gasteiger partial charge on any atom is 0.238 e. The first-order valence-electron chi connectivity index (χ1n) is 9.45. The molecule has 1 unspecified atom stereocenters. The number of carbonyl (C=O) groups excluding carboxylic acids is 1. The molecule has 0 saturated carbocycles. The minimum absolute atomic E-state index is 0.128. The molecular formula is C21H26N4O3. The van der Waals surface area contributed by atoms with Gasteiger partial charge < -0.3 is 14.2 Å². The van der Waals surface area contributed by atoms with Gasteiger partial charge in [0.05, 0.1) is 12.1 Å². The number of oxazole rings is 1. The first-order chi connectivity index (χ1) is 13.3. The maximum atomic E-state index is 12.7. The van der Waals surface area contributed by atoms with E-state index in [2.05, 4.69) is 34.3 Å². The summed E-state index contributed by atoms with van der Waals surface area (Å²) in [5, 5.41) is 10.9. The van der Waals surface area contributed by atoms with Crippen molar-refractivity contribution in [3.8, 4) is 11.5 Å². The second-order valence-electron chi connectivity index (χ2n) is 7.42. The number of nitrogens with zero attached hydrogens (tertiary/aromatic N) is 3. The number of rotatable bonds is 7. The molecule has 2 heterocycles. The molecule has 3 aromatic rings. The minimum Gasteiger partial charge on any atom is -0.441 e. The zero-order valence-electron chi connectivity index (χ0n) is 16.9. The summed E-state index contributed by atoms with van der Waals surface area (Å²) in [6.07, 6.45) is 0.836. The lowest BCUT2D eigenvalue weighted by molar-refractivity contribution is -0.121. The highest BCUT2D eigenvalue weighted by molar-refractivity contribution is 5.79. The van der Waals surface area contributed by atoms with Gasteiger partial charge in [0.1, 0.15) is 11.8 Å². The third kappa shape index (κ3) is 4.65. The first kappa shape index (κ1) is 19.8. The third-order valence-corrected chi connectivity index (χ3v) is 4.48. The van der Waals surface area contributed by atoms with Crippen molar-refractivity contribution in [3.63, 3.8) is 0 Å². The molecule has 0 aliphatic carbocycles. The van der Waals surface area contributed by atoms with E-state index >= 15 is 0 Å². The number of carbonyl (C=O) groups is 1. The standard InChI is InChI=1S/C21H26N4O3/c1-12(2)10-18(21-25-24-15(5)28-21)22-19(26)11-17-14(4)27-20(23-17)16-9-7-6-8-13(16)3/h6-9,12,18H,10-11H2,1-5H3,(H,22,26). The summed E-state index contributed by atoms with van der Waals surface area (Å²) in [6.45, 7) is 9.72. The van der Waals surface area contributed by atoms with Gasteiger partial charge in [-0.15, -0.1) is 10.2 Å². The van der Waals surface area contributed by atoms with Gasteiger partial charge in [-0.1, -0.05) is 32.0 Å². The van der Waals surface area contributed by atoms with E-state index < -0.39 is 0 Å². The quantitative estimate of drug-likeness (QED) is 0.661. The van der Waals surface area contributed by atoms with Gasteiger partial charge in [-0.2, -0.15) is 0 Å². The molecular weight excluding hydrogens is 356 g/mol. The number of aryl methyl sites for hydroxylation is 3. The minimum atomic E-state index is -0.322. The van der Waals surface area contributed by atoms with Crippen molar-refractivity contribution < 1.29 is 13.6 Å². The topological polar surface area (TPSA) is 94.1 Å². The van der Waals surface area contributed by atoms with Crippen LogP contribution in [0.2, 0.25) is 0 Å². The Morgan fingerprint density at radius 1 is 1.11 bits per heavy atom. The van der Waals surface area contributed by atoms with E-state index in [0.717, 1.165) is 11.1 Å². The van der Waals surface area contributed by atoms with Crippen molar-refractivity contribution in [2.75, 3.05) is 0 Å². The van der Waals surface area contributed by atoms with Crippen molar-refractivity contribution in [1.29, 1.82) is 0 Å². The lowest BCUT2D eigenvalue weighted by Crippen LogP contribution is -2.31. The fraction of sp³-hybridized carbons (Fsp3) is 0.429. The molecule has 1 amide bonds. The first-order valence-corrected chi connectivity index (χ1v) is 9.45. The molecule has 1 atom stereocenters. The molecule has 148 valence electrons. The van der Waals surface area contributed by atoms with E-state index in [-0.39, 0.29) is 18.4 Å². The molecule has 0 bridgehead atoms. The van der Waals surface area contributed by atoms with E-state index in [1.165, 1.54) is 0 Å². The zero-order valence-corrected chi connectivity index (χ0v) is 16.9. The molecule has 2 aromatic heterocycles. The number of nitrogens with one attached hydrogen (secondary N) is 1. The van der Waals surface area contributed by atoms with Gasteiger partial charge in [-0.05, 0) is 37.8 Å². The summed E-state index contributed by atoms with van der Waals surface area (Å²) in [7, 11) is 0. The summed E-state index contributed by atoms with van der Waals surface area (Å²) in [4.78, 5) is 17.2. The maximum absolute atomic E-state index is 12.7. The second kappa shape index (κ2) is 8.37. The van der Waals surface area contributed by atoms with Crippen LogP contribution in [-0.4, -0.2) is 21.1 Å². The summed E-state index contributed by atoms with van der Waals surface area (Å²) in [5.41, 5.74) is 2.63. The number of hydrogen-bond donors (Lipinski definition) is 1. The van der Waals surface area contributed by atoms with Gasteiger partial charge >= 0.3 is 0 Å². The Hall–Kier alpha value is -2.96. The van der Waals surface area contributed by atoms with Gasteiger partial charge in [0.25, 0.3) is 0 Å². The molecule has 0 spiro atoms. The van der Waals surface area contributed by atoms with Gasteiger partial charge in [-0.3, -0.25) is 4.79 Å². The van der Waals surface area contributed by atoms with Crippen molar-refractivity contribution in [2.24, 2.45) is 5.92 Å². The predicted octanol–water partition coefficient (Wildman–Crippen LogP) is 4.10. The summed E-state index contributed by atoms with van der Waals surface area (Å²) < 4.78 is 11.3. The lowest BCUT2D eigenvalue weighted by Gasteiger charge is -2.17. The summed E-state index contributed by atoms with van der Waals surface area (Å²) >= 11 is 0. The molecule has 1 aromatic carbocycles. The SMILES string of the molecule is Cc1nnc(C(CC(C)C)NC(=O)Cc2nc(-c3ccccc3C)oc2C)o1. The largest absolute Gasteiger partial charge is 0.441 e. The average molecular weight is 382 g/mol. The number of aromatic nitrogens is 3. The van der Waals surface area contributed by atoms with E-state index in [4.69, 9.17) is 8.83 Å². The van der Waals surface area contributed by atoms with Crippen LogP contribution in [0.25, 0.3) is 11.5 Å². The number of benzene rings is 1. The normalized spacial score (nSPS) is 12.4. The monoisotopic (exact) mass is 382 g/mol. The third-order valence-electron chi connectivity index (χ3n) is 4.48. The summed E-state index contributed by atoms with van der Waals surface area (Å²) in [6, 6.07) is 7.55. The highest BCUT2D eigenvalue weighted by atomic mass is 16.4. The highest BCUT2D eigenvalue weighted by Gasteiger charge is 2.23. The van der Waals surface area contributed by atoms with E-state index in [0.29, 0.717) is 41.5 Å². The van der Waals surface area contributed by atoms with Crippen LogP contribution in [0.15, 0.2) is 33.1 Å². The van der Waals surface area contributed by atoms with Crippen LogP contribution in [0, 0.1) is 26.7 Å². The Morgan fingerprint density at radius 2 is 1.86 bits per heavy atom. The molecule has 7 nitrogen and oxygen atoms in total. The fourth-order valence-electron chi connectivity index (χ4n) is 3.06. The molecule has 28 heavy (non-hydrogen) atoms. The van der Waals surface area contributed by atoms with E-state index in [9.17, 15) is 4.79 Å². The molecule has 0 aliphatic rings. The molecule has 0 saturated heterocycles. The second-order valence-corrected chi connectivity index (χ2v) is 7.42. The van der Waals surface area contributed by atoms with Crippen molar-refractivity contribution >= 4 is 5.91 Å². The molecule has 7 heteroatoms. The molecule has 0 radical (unpaired) electrons. The van der Waals surface area contributed by atoms with Crippen LogP contribution in [0.5, 0.6) is 0 Å². The van der Waals surface area contributed by atoms with Crippen LogP contribution >= 0.6 is 0 Å². The lowest BCUT2D eigenvalue weighted by atomic mass is 10.0. The van der Waals surface area contributed by atoms with Gasteiger partial charge in [0.2, 0.25) is 23.6 Å². The Morgan fingerprint density at radius 3 is 2.50 bits per heavy atom. The average Bonchev–Trinajstić information content (AvgIpc) is 3.20. The van der Waals surface area contributed by atoms with Crippen LogP contribution in [0.4, 0.5) is 0 Å². The van der Waals surface area contributed by atoms with Crippen LogP contribution in [0.3, 0.4) is 0 Å². The van der Waals surface area contributed by atoms with Crippen LogP contribution in [0.1, 0.15) is 55.1 Å². The molecule has 0 aliphatic heterocycles. The predicted molar refractivity (Wildman–Crippen MR) is 104 cm³/mol. The number of amides is 1. The van der Waals surface area contributed by atoms with E-state index in [1.807, 2.05) is 38.1 Å². The summed E-state index contributed by atoms with van der Waals surface area (Å²) in [5.74, 6) is 2.28. The fourth-order valence-corrected chi connectivity index (χ4v) is 3.06. The Balaban J connectivity index is 1.74. The van der Waals surface area contributed by atoms with E-state index in [1.54, 1.807) is 6.92 Å². The smallest absolute Gasteiger partial charge is 0.238 e. The molecule has 1 N–H and O–H groups in total. The van der Waals surface area contributed by atoms with Crippen LogP contribution < -0.4 is 5.32 Å². The van der Waals surface area contributed by atoms with Crippen molar-refractivity contribution in [2.45, 2.75) is 53.5 Å². The Kier molecular flexibility index (Phi) is 5.92. The number of hydrogen-bond acceptors (Lipinski definition) is 6. The zero-order chi connectivity index (χ0) is 20.3.